The molecule has 0 saturated carbocycles. The summed E-state index contributed by atoms with van der Waals surface area (Å²) in [5, 5.41) is 2.60. The van der Waals surface area contributed by atoms with Gasteiger partial charge in [0.2, 0.25) is 0 Å². The van der Waals surface area contributed by atoms with E-state index in [1.54, 1.807) is 14.0 Å². The van der Waals surface area contributed by atoms with E-state index in [0.29, 0.717) is 13.1 Å². The van der Waals surface area contributed by atoms with Crippen LogP contribution in [-0.4, -0.2) is 30.9 Å². The first kappa shape index (κ1) is 16.4. The molecule has 0 unspecified atom stereocenters. The molecule has 0 saturated heterocycles. The molecule has 20 heavy (non-hydrogen) atoms. The summed E-state index contributed by atoms with van der Waals surface area (Å²) in [5.74, 6) is -1.89. The van der Waals surface area contributed by atoms with E-state index in [1.165, 1.54) is 4.90 Å². The highest BCUT2D eigenvalue weighted by Gasteiger charge is 2.21. The van der Waals surface area contributed by atoms with Crippen molar-refractivity contribution < 1.29 is 13.6 Å². The lowest BCUT2D eigenvalue weighted by Gasteiger charge is -2.26. The van der Waals surface area contributed by atoms with Crippen LogP contribution in [0.4, 0.5) is 14.5 Å². The van der Waals surface area contributed by atoms with Crippen molar-refractivity contribution in [3.05, 3.63) is 29.3 Å². The minimum atomic E-state index is -0.751. The van der Waals surface area contributed by atoms with Crippen molar-refractivity contribution in [1.29, 1.82) is 0 Å². The summed E-state index contributed by atoms with van der Waals surface area (Å²) in [6.07, 6.45) is 0. The molecule has 0 aromatic heterocycles. The van der Waals surface area contributed by atoms with E-state index in [1.807, 2.05) is 20.8 Å². The van der Waals surface area contributed by atoms with Crippen molar-refractivity contribution in [2.45, 2.75) is 27.7 Å². The van der Waals surface area contributed by atoms with E-state index in [0.717, 1.165) is 12.1 Å². The van der Waals surface area contributed by atoms with Gasteiger partial charge in [0.15, 0.2) is 0 Å². The number of hydrogen-bond donors (Lipinski definition) is 1. The van der Waals surface area contributed by atoms with Crippen molar-refractivity contribution in [1.82, 2.24) is 4.90 Å². The summed E-state index contributed by atoms with van der Waals surface area (Å²) < 4.78 is 27.6. The molecule has 5 heteroatoms. The van der Waals surface area contributed by atoms with Crippen molar-refractivity contribution >= 4 is 11.6 Å². The number of rotatable bonds is 4. The lowest BCUT2D eigenvalue weighted by Crippen LogP contribution is -2.34. The van der Waals surface area contributed by atoms with Gasteiger partial charge in [-0.15, -0.1) is 0 Å². The highest BCUT2D eigenvalue weighted by atomic mass is 19.1. The fourth-order valence-electron chi connectivity index (χ4n) is 2.05. The van der Waals surface area contributed by atoms with Crippen molar-refractivity contribution in [3.8, 4) is 0 Å². The van der Waals surface area contributed by atoms with E-state index in [9.17, 15) is 13.6 Å². The SMILES string of the molecule is CCNc1c(F)cc(C(=O)N(C)CC(C)(C)C)cc1F. The van der Waals surface area contributed by atoms with Gasteiger partial charge in [0.05, 0.1) is 0 Å². The summed E-state index contributed by atoms with van der Waals surface area (Å²) in [5.41, 5.74) is -0.249. The van der Waals surface area contributed by atoms with Crippen LogP contribution < -0.4 is 5.32 Å². The summed E-state index contributed by atoms with van der Waals surface area (Å²) >= 11 is 0. The normalized spacial score (nSPS) is 11.3. The van der Waals surface area contributed by atoms with Crippen molar-refractivity contribution in [2.75, 3.05) is 25.5 Å². The van der Waals surface area contributed by atoms with Crippen LogP contribution in [0.2, 0.25) is 0 Å². The Hall–Kier alpha value is -1.65. The van der Waals surface area contributed by atoms with Gasteiger partial charge in [-0.3, -0.25) is 4.79 Å². The Labute approximate surface area is 119 Å². The molecule has 0 radical (unpaired) electrons. The molecular formula is C15H22F2N2O. The van der Waals surface area contributed by atoms with Crippen LogP contribution in [0.25, 0.3) is 0 Å². The zero-order valence-electron chi connectivity index (χ0n) is 12.7. The first-order valence-electron chi connectivity index (χ1n) is 6.64. The maximum Gasteiger partial charge on any atom is 0.253 e. The molecule has 0 aliphatic rings. The van der Waals surface area contributed by atoms with E-state index in [2.05, 4.69) is 5.32 Å². The summed E-state index contributed by atoms with van der Waals surface area (Å²) in [6, 6.07) is 2.14. The quantitative estimate of drug-likeness (QED) is 0.917. The molecule has 3 nitrogen and oxygen atoms in total. The van der Waals surface area contributed by atoms with Gasteiger partial charge < -0.3 is 10.2 Å². The smallest absolute Gasteiger partial charge is 0.253 e. The molecule has 1 N–H and O–H groups in total. The van der Waals surface area contributed by atoms with Gasteiger partial charge >= 0.3 is 0 Å². The van der Waals surface area contributed by atoms with Gasteiger partial charge in [0, 0.05) is 25.7 Å². The number of benzene rings is 1. The zero-order valence-corrected chi connectivity index (χ0v) is 12.7. The van der Waals surface area contributed by atoms with E-state index < -0.39 is 11.6 Å². The second-order valence-corrected chi connectivity index (χ2v) is 6.07. The Balaban J connectivity index is 3.00. The number of anilines is 1. The zero-order chi connectivity index (χ0) is 15.5. The van der Waals surface area contributed by atoms with E-state index in [4.69, 9.17) is 0 Å². The number of amides is 1. The average Bonchev–Trinajstić information content (AvgIpc) is 2.30. The van der Waals surface area contributed by atoms with Crippen LogP contribution in [0, 0.1) is 17.0 Å². The number of nitrogens with one attached hydrogen (secondary N) is 1. The van der Waals surface area contributed by atoms with Crippen molar-refractivity contribution in [3.63, 3.8) is 0 Å². The molecule has 0 heterocycles. The largest absolute Gasteiger partial charge is 0.381 e. The van der Waals surface area contributed by atoms with Gasteiger partial charge in [-0.05, 0) is 24.5 Å². The standard InChI is InChI=1S/C15H22F2N2O/c1-6-18-13-11(16)7-10(8-12(13)17)14(20)19(5)9-15(2,3)4/h7-8,18H,6,9H2,1-5H3. The Morgan fingerprint density at radius 3 is 2.15 bits per heavy atom. The third kappa shape index (κ3) is 4.18. The van der Waals surface area contributed by atoms with Gasteiger partial charge in [-0.2, -0.15) is 0 Å². The number of carbonyl (C=O) groups excluding carboxylic acids is 1. The third-order valence-corrected chi connectivity index (χ3v) is 2.70. The Morgan fingerprint density at radius 2 is 1.75 bits per heavy atom. The summed E-state index contributed by atoms with van der Waals surface area (Å²) in [6.45, 7) is 8.63. The van der Waals surface area contributed by atoms with Gasteiger partial charge in [0.25, 0.3) is 5.91 Å². The predicted molar refractivity (Wildman–Crippen MR) is 76.9 cm³/mol. The monoisotopic (exact) mass is 284 g/mol. The lowest BCUT2D eigenvalue weighted by molar-refractivity contribution is 0.0744. The number of nitrogens with zero attached hydrogens (tertiary/aromatic N) is 1. The molecule has 1 aromatic rings. The van der Waals surface area contributed by atoms with E-state index in [-0.39, 0.29) is 22.6 Å². The van der Waals surface area contributed by atoms with Gasteiger partial charge in [-0.1, -0.05) is 20.8 Å². The Morgan fingerprint density at radius 1 is 1.25 bits per heavy atom. The van der Waals surface area contributed by atoms with Crippen LogP contribution >= 0.6 is 0 Å². The molecule has 0 spiro atoms. The molecule has 112 valence electrons. The average molecular weight is 284 g/mol. The summed E-state index contributed by atoms with van der Waals surface area (Å²) in [7, 11) is 1.63. The first-order chi connectivity index (χ1) is 9.15. The van der Waals surface area contributed by atoms with Crippen LogP contribution in [0.1, 0.15) is 38.1 Å². The predicted octanol–water partition coefficient (Wildman–Crippen LogP) is 3.51. The van der Waals surface area contributed by atoms with Gasteiger partial charge in [0.1, 0.15) is 17.3 Å². The minimum absolute atomic E-state index is 0.0217. The fourth-order valence-corrected chi connectivity index (χ4v) is 2.05. The minimum Gasteiger partial charge on any atom is -0.381 e. The topological polar surface area (TPSA) is 32.3 Å². The second kappa shape index (κ2) is 6.20. The molecule has 1 amide bonds. The molecule has 1 rings (SSSR count). The molecule has 0 fully saturated rings. The lowest BCUT2D eigenvalue weighted by atomic mass is 9.96. The Bertz CT molecular complexity index is 472. The molecule has 0 aliphatic carbocycles. The van der Waals surface area contributed by atoms with Crippen LogP contribution in [-0.2, 0) is 0 Å². The second-order valence-electron chi connectivity index (χ2n) is 6.07. The molecular weight excluding hydrogens is 262 g/mol. The maximum absolute atomic E-state index is 13.8. The van der Waals surface area contributed by atoms with Crippen LogP contribution in [0.5, 0.6) is 0 Å². The molecule has 0 aliphatic heterocycles. The number of hydrogen-bond acceptors (Lipinski definition) is 2. The molecule has 0 bridgehead atoms. The molecule has 0 atom stereocenters. The van der Waals surface area contributed by atoms with Crippen LogP contribution in [0.3, 0.4) is 0 Å². The first-order valence-corrected chi connectivity index (χ1v) is 6.64. The van der Waals surface area contributed by atoms with Crippen LogP contribution in [0.15, 0.2) is 12.1 Å². The van der Waals surface area contributed by atoms with Crippen molar-refractivity contribution in [2.24, 2.45) is 5.41 Å². The van der Waals surface area contributed by atoms with E-state index >= 15 is 0 Å². The highest BCUT2D eigenvalue weighted by molar-refractivity contribution is 5.94. The number of carbonyl (C=O) groups is 1. The van der Waals surface area contributed by atoms with Gasteiger partial charge in [-0.25, -0.2) is 8.78 Å². The maximum atomic E-state index is 13.8. The molecule has 1 aromatic carbocycles. The summed E-state index contributed by atoms with van der Waals surface area (Å²) in [4.78, 5) is 13.6. The highest BCUT2D eigenvalue weighted by Crippen LogP contribution is 2.22. The fraction of sp³-hybridized carbons (Fsp3) is 0.533. The Kier molecular flexibility index (Phi) is 5.09. The number of halogens is 2. The third-order valence-electron chi connectivity index (χ3n) is 2.70.